The summed E-state index contributed by atoms with van der Waals surface area (Å²) in [4.78, 5) is 17.5. The summed E-state index contributed by atoms with van der Waals surface area (Å²) in [5.41, 5.74) is 1.63. The zero-order valence-corrected chi connectivity index (χ0v) is 22.0. The molecule has 1 amide bonds. The van der Waals surface area contributed by atoms with Crippen molar-refractivity contribution >= 4 is 52.1 Å². The Morgan fingerprint density at radius 2 is 1.60 bits per heavy atom. The molecular formula is C27H28Cl3N3O2. The predicted octanol–water partition coefficient (Wildman–Crippen LogP) is 6.77. The summed E-state index contributed by atoms with van der Waals surface area (Å²) in [5, 5.41) is 4.92. The number of hydrogen-bond acceptors (Lipinski definition) is 4. The number of hydrogen-bond donors (Lipinski definition) is 1. The molecule has 5 nitrogen and oxygen atoms in total. The topological polar surface area (TPSA) is 44.8 Å². The van der Waals surface area contributed by atoms with E-state index in [-0.39, 0.29) is 5.91 Å². The third kappa shape index (κ3) is 6.62. The van der Waals surface area contributed by atoms with Gasteiger partial charge in [-0.25, -0.2) is 0 Å². The minimum absolute atomic E-state index is 0.274. The fourth-order valence-corrected chi connectivity index (χ4v) is 4.60. The lowest BCUT2D eigenvalue weighted by molar-refractivity contribution is -0.128. The summed E-state index contributed by atoms with van der Waals surface area (Å²) in [7, 11) is 0. The van der Waals surface area contributed by atoms with E-state index in [1.807, 2.05) is 30.3 Å². The number of benzene rings is 3. The molecule has 0 saturated carbocycles. The molecule has 1 N–H and O–H groups in total. The number of carbonyl (C=O) groups is 1. The Labute approximate surface area is 221 Å². The van der Waals surface area contributed by atoms with Crippen molar-refractivity contribution in [3.63, 3.8) is 0 Å². The van der Waals surface area contributed by atoms with Crippen LogP contribution in [0.3, 0.4) is 0 Å². The van der Waals surface area contributed by atoms with E-state index in [0.717, 1.165) is 49.0 Å². The lowest BCUT2D eigenvalue weighted by Crippen LogP contribution is -2.46. The first-order valence-electron chi connectivity index (χ1n) is 11.5. The van der Waals surface area contributed by atoms with Crippen molar-refractivity contribution in [1.82, 2.24) is 4.90 Å². The minimum atomic E-state index is -1.09. The maximum Gasteiger partial charge on any atom is 0.267 e. The highest BCUT2D eigenvalue weighted by Gasteiger charge is 2.30. The van der Waals surface area contributed by atoms with Crippen molar-refractivity contribution in [1.29, 1.82) is 0 Å². The number of nitrogens with zero attached hydrogens (tertiary/aromatic N) is 2. The van der Waals surface area contributed by atoms with Crippen molar-refractivity contribution in [2.24, 2.45) is 0 Å². The van der Waals surface area contributed by atoms with Crippen LogP contribution in [-0.2, 0) is 11.3 Å². The second kappa shape index (κ2) is 11.1. The van der Waals surface area contributed by atoms with E-state index in [9.17, 15) is 4.79 Å². The number of ether oxygens (including phenoxy) is 1. The second-order valence-corrected chi connectivity index (χ2v) is 10.3. The van der Waals surface area contributed by atoms with Crippen molar-refractivity contribution in [3.05, 3.63) is 87.4 Å². The summed E-state index contributed by atoms with van der Waals surface area (Å²) in [6.07, 6.45) is 0. The third-order valence-corrected chi connectivity index (χ3v) is 6.93. The Bertz CT molecular complexity index is 1180. The van der Waals surface area contributed by atoms with Crippen LogP contribution in [0, 0.1) is 0 Å². The van der Waals surface area contributed by atoms with Crippen molar-refractivity contribution in [2.45, 2.75) is 26.0 Å². The van der Waals surface area contributed by atoms with Gasteiger partial charge in [-0.3, -0.25) is 9.69 Å². The molecule has 0 aromatic heterocycles. The van der Waals surface area contributed by atoms with E-state index in [0.29, 0.717) is 21.5 Å². The van der Waals surface area contributed by atoms with Gasteiger partial charge in [0.2, 0.25) is 0 Å². The molecule has 3 aromatic rings. The number of carbonyl (C=O) groups excluding carboxylic acids is 1. The van der Waals surface area contributed by atoms with Crippen LogP contribution in [0.25, 0.3) is 0 Å². The highest BCUT2D eigenvalue weighted by atomic mass is 35.5. The van der Waals surface area contributed by atoms with Gasteiger partial charge < -0.3 is 15.0 Å². The van der Waals surface area contributed by atoms with Gasteiger partial charge in [0.25, 0.3) is 5.91 Å². The molecular weight excluding hydrogens is 505 g/mol. The molecule has 0 atom stereocenters. The van der Waals surface area contributed by atoms with E-state index in [2.05, 4.69) is 21.2 Å². The van der Waals surface area contributed by atoms with Gasteiger partial charge in [-0.1, -0.05) is 53.0 Å². The van der Waals surface area contributed by atoms with Crippen molar-refractivity contribution < 1.29 is 9.53 Å². The number of nitrogens with one attached hydrogen (secondary N) is 1. The second-order valence-electron chi connectivity index (χ2n) is 9.04. The maximum absolute atomic E-state index is 12.9. The van der Waals surface area contributed by atoms with Gasteiger partial charge in [0.05, 0.1) is 10.7 Å². The van der Waals surface area contributed by atoms with E-state index in [1.54, 1.807) is 44.2 Å². The molecule has 0 unspecified atom stereocenters. The Balaban J connectivity index is 1.34. The van der Waals surface area contributed by atoms with Gasteiger partial charge in [0.15, 0.2) is 5.60 Å². The summed E-state index contributed by atoms with van der Waals surface area (Å²) in [5.74, 6) is 0.293. The molecule has 1 heterocycles. The van der Waals surface area contributed by atoms with E-state index in [1.165, 1.54) is 0 Å². The van der Waals surface area contributed by atoms with Crippen LogP contribution in [0.15, 0.2) is 66.7 Å². The molecule has 1 aliphatic rings. The Morgan fingerprint density at radius 1 is 0.914 bits per heavy atom. The highest BCUT2D eigenvalue weighted by Crippen LogP contribution is 2.31. The van der Waals surface area contributed by atoms with Crippen LogP contribution >= 0.6 is 34.8 Å². The summed E-state index contributed by atoms with van der Waals surface area (Å²) < 4.78 is 5.88. The normalized spacial score (nSPS) is 14.6. The van der Waals surface area contributed by atoms with Crippen LogP contribution < -0.4 is 15.0 Å². The average Bonchev–Trinajstić information content (AvgIpc) is 2.83. The Morgan fingerprint density at radius 3 is 2.26 bits per heavy atom. The van der Waals surface area contributed by atoms with Crippen molar-refractivity contribution in [3.8, 4) is 5.75 Å². The van der Waals surface area contributed by atoms with Gasteiger partial charge in [-0.2, -0.15) is 0 Å². The summed E-state index contributed by atoms with van der Waals surface area (Å²) >= 11 is 18.9. The number of piperazine rings is 1. The number of amides is 1. The zero-order chi connectivity index (χ0) is 25.0. The van der Waals surface area contributed by atoms with Crippen LogP contribution in [0.2, 0.25) is 15.1 Å². The molecule has 0 radical (unpaired) electrons. The first-order valence-corrected chi connectivity index (χ1v) is 12.6. The molecule has 0 aliphatic carbocycles. The van der Waals surface area contributed by atoms with Crippen LogP contribution in [0.5, 0.6) is 5.75 Å². The summed E-state index contributed by atoms with van der Waals surface area (Å²) in [6, 6.07) is 20.5. The minimum Gasteiger partial charge on any atom is -0.478 e. The quantitative estimate of drug-likeness (QED) is 0.365. The number of rotatable bonds is 7. The van der Waals surface area contributed by atoms with E-state index in [4.69, 9.17) is 39.5 Å². The lowest BCUT2D eigenvalue weighted by Gasteiger charge is -2.36. The molecule has 184 valence electrons. The SMILES string of the molecule is CC(C)(Oc1ccc(Cl)cc1)C(=O)Nc1ccc(N2CCN(Cc3ccccc3Cl)CC2)c(Cl)c1. The fraction of sp³-hybridized carbons (Fsp3) is 0.296. The number of anilines is 2. The maximum atomic E-state index is 12.9. The first kappa shape index (κ1) is 25.6. The Hall–Kier alpha value is -2.44. The van der Waals surface area contributed by atoms with E-state index >= 15 is 0 Å². The predicted molar refractivity (Wildman–Crippen MR) is 145 cm³/mol. The summed E-state index contributed by atoms with van der Waals surface area (Å²) in [6.45, 7) is 7.81. The molecule has 8 heteroatoms. The van der Waals surface area contributed by atoms with Gasteiger partial charge in [0.1, 0.15) is 5.75 Å². The molecule has 35 heavy (non-hydrogen) atoms. The first-order chi connectivity index (χ1) is 16.7. The number of halogens is 3. The molecule has 0 spiro atoms. The van der Waals surface area contributed by atoms with Crippen LogP contribution in [0.4, 0.5) is 11.4 Å². The molecule has 1 saturated heterocycles. The molecule has 1 aliphatic heterocycles. The van der Waals surface area contributed by atoms with Gasteiger partial charge in [-0.15, -0.1) is 0 Å². The van der Waals surface area contributed by atoms with Gasteiger partial charge in [0, 0.05) is 48.5 Å². The van der Waals surface area contributed by atoms with Gasteiger partial charge >= 0.3 is 0 Å². The fourth-order valence-electron chi connectivity index (χ4n) is 3.98. The van der Waals surface area contributed by atoms with Crippen LogP contribution in [0.1, 0.15) is 19.4 Å². The molecule has 0 bridgehead atoms. The zero-order valence-electron chi connectivity index (χ0n) is 19.7. The lowest BCUT2D eigenvalue weighted by atomic mass is 10.1. The molecule has 4 rings (SSSR count). The molecule has 1 fully saturated rings. The smallest absolute Gasteiger partial charge is 0.267 e. The monoisotopic (exact) mass is 531 g/mol. The van der Waals surface area contributed by atoms with Gasteiger partial charge in [-0.05, 0) is 67.9 Å². The molecule has 3 aromatic carbocycles. The van der Waals surface area contributed by atoms with Crippen LogP contribution in [-0.4, -0.2) is 42.6 Å². The Kier molecular flexibility index (Phi) is 8.12. The largest absolute Gasteiger partial charge is 0.478 e. The van der Waals surface area contributed by atoms with E-state index < -0.39 is 5.60 Å². The third-order valence-electron chi connectivity index (χ3n) is 6.00. The standard InChI is InChI=1S/C27H28Cl3N3O2/c1-27(2,35-22-10-7-20(28)8-11-22)26(34)31-21-9-12-25(24(30)17-21)33-15-13-32(14-16-33)18-19-5-3-4-6-23(19)29/h3-12,17H,13-16,18H2,1-2H3,(H,31,34). The average molecular weight is 533 g/mol. The highest BCUT2D eigenvalue weighted by molar-refractivity contribution is 6.33. The van der Waals surface area contributed by atoms with Crippen molar-refractivity contribution in [2.75, 3.05) is 36.4 Å².